The van der Waals surface area contributed by atoms with E-state index in [0.29, 0.717) is 23.1 Å². The second kappa shape index (κ2) is 5.61. The number of rotatable bonds is 3. The summed E-state index contributed by atoms with van der Waals surface area (Å²) in [6.07, 6.45) is 7.23. The number of thioether (sulfide) groups is 1. The van der Waals surface area contributed by atoms with Gasteiger partial charge in [0.2, 0.25) is 5.91 Å². The topological polar surface area (TPSA) is 32.3 Å². The molecule has 0 spiro atoms. The minimum atomic E-state index is 0.0411. The standard InChI is InChI=1S/C13H24N2OS/c1-9(2)12-13(16)15(8-14-12)10-6-4-5-7-11(10)17-3/h9-12,14H,4-8H2,1-3H3. The van der Waals surface area contributed by atoms with Crippen LogP contribution in [0.4, 0.5) is 0 Å². The summed E-state index contributed by atoms with van der Waals surface area (Å²) >= 11 is 1.93. The van der Waals surface area contributed by atoms with E-state index in [-0.39, 0.29) is 6.04 Å². The largest absolute Gasteiger partial charge is 0.324 e. The van der Waals surface area contributed by atoms with Gasteiger partial charge >= 0.3 is 0 Å². The van der Waals surface area contributed by atoms with Gasteiger partial charge in [0.15, 0.2) is 0 Å². The normalized spacial score (nSPS) is 34.7. The van der Waals surface area contributed by atoms with Gasteiger partial charge in [-0.25, -0.2) is 0 Å². The van der Waals surface area contributed by atoms with Crippen LogP contribution in [0.1, 0.15) is 39.5 Å². The molecule has 2 fully saturated rings. The maximum absolute atomic E-state index is 12.4. The van der Waals surface area contributed by atoms with E-state index in [0.717, 1.165) is 6.67 Å². The summed E-state index contributed by atoms with van der Waals surface area (Å²) in [6.45, 7) is 4.99. The van der Waals surface area contributed by atoms with Crippen molar-refractivity contribution >= 4 is 17.7 Å². The summed E-state index contributed by atoms with van der Waals surface area (Å²) in [4.78, 5) is 14.5. The zero-order valence-corrected chi connectivity index (χ0v) is 11.9. The van der Waals surface area contributed by atoms with Crippen molar-refractivity contribution in [3.05, 3.63) is 0 Å². The van der Waals surface area contributed by atoms with E-state index in [4.69, 9.17) is 0 Å². The molecule has 0 radical (unpaired) electrons. The predicted molar refractivity (Wildman–Crippen MR) is 73.0 cm³/mol. The van der Waals surface area contributed by atoms with Crippen LogP contribution in [0.2, 0.25) is 0 Å². The van der Waals surface area contributed by atoms with E-state index < -0.39 is 0 Å². The number of carbonyl (C=O) groups is 1. The molecule has 1 heterocycles. The van der Waals surface area contributed by atoms with Crippen LogP contribution in [0.15, 0.2) is 0 Å². The van der Waals surface area contributed by atoms with Crippen LogP contribution >= 0.6 is 11.8 Å². The Hall–Kier alpha value is -0.220. The number of nitrogens with zero attached hydrogens (tertiary/aromatic N) is 1. The molecule has 0 bridgehead atoms. The molecule has 2 rings (SSSR count). The van der Waals surface area contributed by atoms with E-state index in [2.05, 4.69) is 30.3 Å². The van der Waals surface area contributed by atoms with Crippen LogP contribution in [0, 0.1) is 5.92 Å². The maximum Gasteiger partial charge on any atom is 0.241 e. The van der Waals surface area contributed by atoms with Gasteiger partial charge in [0.1, 0.15) is 0 Å². The molecule has 1 aliphatic carbocycles. The molecule has 2 aliphatic rings. The van der Waals surface area contributed by atoms with Gasteiger partial charge in [-0.15, -0.1) is 0 Å². The molecular weight excluding hydrogens is 232 g/mol. The molecule has 98 valence electrons. The Bertz CT molecular complexity index is 283. The Morgan fingerprint density at radius 3 is 2.65 bits per heavy atom. The molecule has 3 unspecified atom stereocenters. The summed E-state index contributed by atoms with van der Waals surface area (Å²) in [7, 11) is 0. The fraction of sp³-hybridized carbons (Fsp3) is 0.923. The number of hydrogen-bond donors (Lipinski definition) is 1. The molecule has 0 aromatic carbocycles. The fourth-order valence-corrected chi connectivity index (χ4v) is 4.05. The molecule has 0 aromatic heterocycles. The monoisotopic (exact) mass is 256 g/mol. The fourth-order valence-electron chi connectivity index (χ4n) is 3.05. The van der Waals surface area contributed by atoms with Gasteiger partial charge in [-0.2, -0.15) is 11.8 Å². The van der Waals surface area contributed by atoms with Gasteiger partial charge in [0.25, 0.3) is 0 Å². The second-order valence-electron chi connectivity index (χ2n) is 5.52. The first-order valence-corrected chi connectivity index (χ1v) is 8.00. The van der Waals surface area contributed by atoms with E-state index in [1.54, 1.807) is 0 Å². The highest BCUT2D eigenvalue weighted by Crippen LogP contribution is 2.32. The molecule has 1 aliphatic heterocycles. The Kier molecular flexibility index (Phi) is 4.36. The van der Waals surface area contributed by atoms with Crippen molar-refractivity contribution in [2.24, 2.45) is 5.92 Å². The minimum Gasteiger partial charge on any atom is -0.324 e. The third-order valence-electron chi connectivity index (χ3n) is 4.07. The van der Waals surface area contributed by atoms with Crippen molar-refractivity contribution in [2.75, 3.05) is 12.9 Å². The van der Waals surface area contributed by atoms with Gasteiger partial charge in [0, 0.05) is 11.3 Å². The van der Waals surface area contributed by atoms with E-state index >= 15 is 0 Å². The highest BCUT2D eigenvalue weighted by Gasteiger charge is 2.40. The molecule has 1 amide bonds. The summed E-state index contributed by atoms with van der Waals surface area (Å²) < 4.78 is 0. The van der Waals surface area contributed by atoms with E-state index in [1.165, 1.54) is 25.7 Å². The quantitative estimate of drug-likeness (QED) is 0.839. The molecular formula is C13H24N2OS. The van der Waals surface area contributed by atoms with Gasteiger partial charge in [-0.05, 0) is 25.0 Å². The lowest BCUT2D eigenvalue weighted by atomic mass is 9.93. The maximum atomic E-state index is 12.4. The Morgan fingerprint density at radius 1 is 1.35 bits per heavy atom. The highest BCUT2D eigenvalue weighted by atomic mass is 32.2. The lowest BCUT2D eigenvalue weighted by Gasteiger charge is -2.36. The summed E-state index contributed by atoms with van der Waals surface area (Å²) in [5, 5.41) is 4.00. The number of carbonyl (C=O) groups excluding carboxylic acids is 1. The third kappa shape index (κ3) is 2.63. The van der Waals surface area contributed by atoms with Crippen molar-refractivity contribution in [1.29, 1.82) is 0 Å². The average Bonchev–Trinajstić information content (AvgIpc) is 2.71. The van der Waals surface area contributed by atoms with E-state index in [1.807, 2.05) is 11.8 Å². The molecule has 1 saturated carbocycles. The summed E-state index contributed by atoms with van der Waals surface area (Å²) in [5.74, 6) is 0.717. The lowest BCUT2D eigenvalue weighted by molar-refractivity contribution is -0.132. The lowest BCUT2D eigenvalue weighted by Crippen LogP contribution is -2.46. The summed E-state index contributed by atoms with van der Waals surface area (Å²) in [6, 6.07) is 0.502. The zero-order chi connectivity index (χ0) is 12.4. The van der Waals surface area contributed by atoms with Crippen LogP contribution in [0.3, 0.4) is 0 Å². The SMILES string of the molecule is CSC1CCCCC1N1CNC(C(C)C)C1=O. The predicted octanol–water partition coefficient (Wildman–Crippen LogP) is 2.07. The highest BCUT2D eigenvalue weighted by molar-refractivity contribution is 7.99. The van der Waals surface area contributed by atoms with Crippen molar-refractivity contribution in [3.8, 4) is 0 Å². The van der Waals surface area contributed by atoms with Gasteiger partial charge < -0.3 is 4.90 Å². The Labute approximate surface area is 109 Å². The third-order valence-corrected chi connectivity index (χ3v) is 5.22. The van der Waals surface area contributed by atoms with Crippen molar-refractivity contribution in [2.45, 2.75) is 56.9 Å². The van der Waals surface area contributed by atoms with Crippen LogP contribution in [-0.4, -0.2) is 41.1 Å². The van der Waals surface area contributed by atoms with Crippen LogP contribution < -0.4 is 5.32 Å². The summed E-state index contributed by atoms with van der Waals surface area (Å²) in [5.41, 5.74) is 0. The molecule has 0 aromatic rings. The molecule has 17 heavy (non-hydrogen) atoms. The Morgan fingerprint density at radius 2 is 2.06 bits per heavy atom. The van der Waals surface area contributed by atoms with Gasteiger partial charge in [0.05, 0.1) is 12.7 Å². The number of hydrogen-bond acceptors (Lipinski definition) is 3. The average molecular weight is 256 g/mol. The van der Waals surface area contributed by atoms with E-state index in [9.17, 15) is 4.79 Å². The molecule has 4 heteroatoms. The first-order chi connectivity index (χ1) is 8.15. The first kappa shape index (κ1) is 13.2. The minimum absolute atomic E-state index is 0.0411. The smallest absolute Gasteiger partial charge is 0.241 e. The molecule has 1 N–H and O–H groups in total. The Balaban J connectivity index is 2.04. The first-order valence-electron chi connectivity index (χ1n) is 6.71. The molecule has 3 atom stereocenters. The van der Waals surface area contributed by atoms with Crippen LogP contribution in [0.5, 0.6) is 0 Å². The van der Waals surface area contributed by atoms with Crippen LogP contribution in [-0.2, 0) is 4.79 Å². The molecule has 3 nitrogen and oxygen atoms in total. The molecule has 1 saturated heterocycles. The van der Waals surface area contributed by atoms with Crippen molar-refractivity contribution in [1.82, 2.24) is 10.2 Å². The van der Waals surface area contributed by atoms with Gasteiger partial charge in [-0.1, -0.05) is 26.7 Å². The second-order valence-corrected chi connectivity index (χ2v) is 6.59. The van der Waals surface area contributed by atoms with Gasteiger partial charge in [-0.3, -0.25) is 10.1 Å². The number of nitrogens with one attached hydrogen (secondary N) is 1. The van der Waals surface area contributed by atoms with Crippen LogP contribution in [0.25, 0.3) is 0 Å². The van der Waals surface area contributed by atoms with Crippen molar-refractivity contribution in [3.63, 3.8) is 0 Å². The number of amides is 1. The van der Waals surface area contributed by atoms with Crippen molar-refractivity contribution < 1.29 is 4.79 Å². The zero-order valence-electron chi connectivity index (χ0n) is 11.1.